The summed E-state index contributed by atoms with van der Waals surface area (Å²) in [5, 5.41) is 6.79. The monoisotopic (exact) mass is 438 g/mol. The van der Waals surface area contributed by atoms with E-state index in [0.717, 1.165) is 75.3 Å². The number of hydrogen-bond donors (Lipinski definition) is 2. The van der Waals surface area contributed by atoms with Crippen LogP contribution in [0.15, 0.2) is 41.5 Å². The lowest BCUT2D eigenvalue weighted by molar-refractivity contribution is 0.270. The Labute approximate surface area is 192 Å². The van der Waals surface area contributed by atoms with Crippen molar-refractivity contribution in [1.29, 1.82) is 0 Å². The van der Waals surface area contributed by atoms with Gasteiger partial charge in [-0.05, 0) is 61.7 Å². The average Bonchev–Trinajstić information content (AvgIpc) is 2.83. The third-order valence-electron chi connectivity index (χ3n) is 5.90. The molecule has 0 aliphatic carbocycles. The van der Waals surface area contributed by atoms with Gasteiger partial charge in [-0.1, -0.05) is 19.1 Å². The van der Waals surface area contributed by atoms with Crippen molar-refractivity contribution in [2.75, 3.05) is 57.8 Å². The van der Waals surface area contributed by atoms with Gasteiger partial charge in [0.1, 0.15) is 11.6 Å². The topological polar surface area (TPSA) is 65.0 Å². The Balaban J connectivity index is 1.55. The molecular weight excluding hydrogens is 400 g/mol. The summed E-state index contributed by atoms with van der Waals surface area (Å²) in [5.74, 6) is 2.83. The van der Waals surface area contributed by atoms with Gasteiger partial charge < -0.3 is 25.2 Å². The fraction of sp³-hybridized carbons (Fsp3) is 0.520. The number of piperazine rings is 1. The van der Waals surface area contributed by atoms with Crippen LogP contribution in [0.3, 0.4) is 0 Å². The molecule has 2 aromatic rings. The number of ether oxygens (including phenoxy) is 1. The van der Waals surface area contributed by atoms with Crippen LogP contribution in [-0.2, 0) is 13.0 Å². The van der Waals surface area contributed by atoms with Gasteiger partial charge in [0.25, 0.3) is 0 Å². The highest BCUT2D eigenvalue weighted by molar-refractivity contribution is 5.79. The number of benzene rings is 1. The largest absolute Gasteiger partial charge is 0.496 e. The molecule has 1 aromatic heterocycles. The molecule has 1 aliphatic rings. The Hall–Kier alpha value is -2.80. The number of nitrogens with one attached hydrogen (secondary N) is 2. The Bertz CT molecular complexity index is 876. The number of likely N-dealkylation sites (N-methyl/N-ethyl adjacent to an activating group) is 1. The summed E-state index contributed by atoms with van der Waals surface area (Å²) in [7, 11) is 1.72. The third-order valence-corrected chi connectivity index (χ3v) is 5.90. The van der Waals surface area contributed by atoms with Crippen LogP contribution in [0.25, 0.3) is 0 Å². The van der Waals surface area contributed by atoms with Crippen molar-refractivity contribution in [1.82, 2.24) is 20.5 Å². The second-order valence-electron chi connectivity index (χ2n) is 8.12. The first-order chi connectivity index (χ1) is 15.6. The first kappa shape index (κ1) is 23.9. The minimum atomic E-state index is 0.623. The van der Waals surface area contributed by atoms with Crippen LogP contribution in [0.5, 0.6) is 5.75 Å². The maximum absolute atomic E-state index is 5.44. The summed E-state index contributed by atoms with van der Waals surface area (Å²) in [5.41, 5.74) is 3.58. The molecule has 1 aromatic carbocycles. The summed E-state index contributed by atoms with van der Waals surface area (Å²) < 4.78 is 5.44. The molecular formula is C25H38N6O. The number of nitrogens with zero attached hydrogens (tertiary/aromatic N) is 4. The van der Waals surface area contributed by atoms with Crippen molar-refractivity contribution in [2.45, 2.75) is 33.7 Å². The molecule has 0 bridgehead atoms. The van der Waals surface area contributed by atoms with Crippen LogP contribution in [0.4, 0.5) is 5.82 Å². The van der Waals surface area contributed by atoms with Gasteiger partial charge in [-0.2, -0.15) is 0 Å². The van der Waals surface area contributed by atoms with Gasteiger partial charge in [0.05, 0.1) is 13.7 Å². The smallest absolute Gasteiger partial charge is 0.191 e. The summed E-state index contributed by atoms with van der Waals surface area (Å²) in [4.78, 5) is 14.2. The lowest BCUT2D eigenvalue weighted by atomic mass is 10.1. The normalized spacial score (nSPS) is 15.0. The zero-order chi connectivity index (χ0) is 22.8. The zero-order valence-electron chi connectivity index (χ0n) is 20.0. The predicted octanol–water partition coefficient (Wildman–Crippen LogP) is 2.84. The molecule has 7 nitrogen and oxygen atoms in total. The first-order valence-corrected chi connectivity index (χ1v) is 11.7. The molecule has 7 heteroatoms. The van der Waals surface area contributed by atoms with Gasteiger partial charge in [0.2, 0.25) is 0 Å². The molecule has 0 atom stereocenters. The number of guanidine groups is 1. The average molecular weight is 439 g/mol. The second kappa shape index (κ2) is 12.3. The molecule has 0 amide bonds. The lowest BCUT2D eigenvalue weighted by Crippen LogP contribution is -2.46. The van der Waals surface area contributed by atoms with E-state index >= 15 is 0 Å². The van der Waals surface area contributed by atoms with Gasteiger partial charge >= 0.3 is 0 Å². The van der Waals surface area contributed by atoms with E-state index in [-0.39, 0.29) is 0 Å². The minimum absolute atomic E-state index is 0.623. The fourth-order valence-corrected chi connectivity index (χ4v) is 3.88. The van der Waals surface area contributed by atoms with Crippen molar-refractivity contribution in [3.05, 3.63) is 53.2 Å². The van der Waals surface area contributed by atoms with Gasteiger partial charge in [-0.3, -0.25) is 0 Å². The Morgan fingerprint density at radius 2 is 1.88 bits per heavy atom. The van der Waals surface area contributed by atoms with Crippen LogP contribution in [-0.4, -0.2) is 68.8 Å². The van der Waals surface area contributed by atoms with Crippen LogP contribution in [0.1, 0.15) is 30.5 Å². The van der Waals surface area contributed by atoms with E-state index in [2.05, 4.69) is 76.5 Å². The first-order valence-electron chi connectivity index (χ1n) is 11.7. The number of aliphatic imine (C=N–C) groups is 1. The quantitative estimate of drug-likeness (QED) is 0.464. The Kier molecular flexibility index (Phi) is 9.16. The van der Waals surface area contributed by atoms with Gasteiger partial charge in [0, 0.05) is 45.5 Å². The van der Waals surface area contributed by atoms with Gasteiger partial charge in [0.15, 0.2) is 5.96 Å². The SMILES string of the molecule is CCNC(=NCc1ccnc(N2CCN(CC)CC2)c1)NCCc1ccc(C)c(OC)c1. The molecule has 0 saturated carbocycles. The molecule has 174 valence electrons. The van der Waals surface area contributed by atoms with E-state index in [1.165, 1.54) is 11.1 Å². The standard InChI is InChI=1S/C25H38N6O/c1-5-26-25(28-12-9-21-8-7-20(3)23(17-21)32-4)29-19-22-10-11-27-24(18-22)31-15-13-30(6-2)14-16-31/h7-8,10-11,17-18H,5-6,9,12-16,19H2,1-4H3,(H2,26,28,29). The van der Waals surface area contributed by atoms with Gasteiger partial charge in [-0.25, -0.2) is 9.98 Å². The highest BCUT2D eigenvalue weighted by Gasteiger charge is 2.16. The molecule has 0 spiro atoms. The Morgan fingerprint density at radius 3 is 2.59 bits per heavy atom. The highest BCUT2D eigenvalue weighted by Crippen LogP contribution is 2.19. The van der Waals surface area contributed by atoms with E-state index < -0.39 is 0 Å². The van der Waals surface area contributed by atoms with Crippen LogP contribution < -0.4 is 20.3 Å². The van der Waals surface area contributed by atoms with Crippen molar-refractivity contribution >= 4 is 11.8 Å². The molecule has 0 radical (unpaired) electrons. The number of anilines is 1. The van der Waals surface area contributed by atoms with Crippen molar-refractivity contribution < 1.29 is 4.74 Å². The number of methoxy groups -OCH3 is 1. The summed E-state index contributed by atoms with van der Waals surface area (Å²) in [6.45, 7) is 14.0. The fourth-order valence-electron chi connectivity index (χ4n) is 3.88. The van der Waals surface area contributed by atoms with Gasteiger partial charge in [-0.15, -0.1) is 0 Å². The van der Waals surface area contributed by atoms with E-state index in [4.69, 9.17) is 9.73 Å². The molecule has 2 heterocycles. The lowest BCUT2D eigenvalue weighted by Gasteiger charge is -2.34. The highest BCUT2D eigenvalue weighted by atomic mass is 16.5. The molecule has 1 saturated heterocycles. The van der Waals surface area contributed by atoms with E-state index in [1.807, 2.05) is 6.20 Å². The molecule has 1 fully saturated rings. The van der Waals surface area contributed by atoms with Crippen LogP contribution >= 0.6 is 0 Å². The number of rotatable bonds is 9. The third kappa shape index (κ3) is 6.85. The Morgan fingerprint density at radius 1 is 1.06 bits per heavy atom. The van der Waals surface area contributed by atoms with Crippen LogP contribution in [0.2, 0.25) is 0 Å². The van der Waals surface area contributed by atoms with E-state index in [0.29, 0.717) is 6.54 Å². The van der Waals surface area contributed by atoms with Crippen molar-refractivity contribution in [3.8, 4) is 5.75 Å². The summed E-state index contributed by atoms with van der Waals surface area (Å²) >= 11 is 0. The summed E-state index contributed by atoms with van der Waals surface area (Å²) in [6.07, 6.45) is 2.81. The predicted molar refractivity (Wildman–Crippen MR) is 133 cm³/mol. The molecule has 3 rings (SSSR count). The maximum Gasteiger partial charge on any atom is 0.191 e. The zero-order valence-corrected chi connectivity index (χ0v) is 20.0. The number of pyridine rings is 1. The summed E-state index contributed by atoms with van der Waals surface area (Å²) in [6, 6.07) is 10.6. The maximum atomic E-state index is 5.44. The van der Waals surface area contributed by atoms with Crippen LogP contribution in [0, 0.1) is 6.92 Å². The van der Waals surface area contributed by atoms with Crippen molar-refractivity contribution in [2.24, 2.45) is 4.99 Å². The minimum Gasteiger partial charge on any atom is -0.496 e. The molecule has 32 heavy (non-hydrogen) atoms. The number of aryl methyl sites for hydroxylation is 1. The molecule has 0 unspecified atom stereocenters. The molecule has 2 N–H and O–H groups in total. The second-order valence-corrected chi connectivity index (χ2v) is 8.12. The number of hydrogen-bond acceptors (Lipinski definition) is 5. The molecule has 1 aliphatic heterocycles. The van der Waals surface area contributed by atoms with Crippen molar-refractivity contribution in [3.63, 3.8) is 0 Å². The number of aromatic nitrogens is 1. The van der Waals surface area contributed by atoms with E-state index in [1.54, 1.807) is 7.11 Å². The van der Waals surface area contributed by atoms with E-state index in [9.17, 15) is 0 Å².